The van der Waals surface area contributed by atoms with E-state index in [1.54, 1.807) is 6.33 Å². The predicted molar refractivity (Wildman–Crippen MR) is 67.8 cm³/mol. The van der Waals surface area contributed by atoms with Crippen molar-refractivity contribution in [1.82, 2.24) is 9.97 Å². The number of aromatic nitrogens is 2. The van der Waals surface area contributed by atoms with E-state index in [1.807, 2.05) is 12.4 Å². The molecule has 3 nitrogen and oxygen atoms in total. The van der Waals surface area contributed by atoms with E-state index in [0.29, 0.717) is 6.04 Å². The van der Waals surface area contributed by atoms with Gasteiger partial charge in [0.2, 0.25) is 0 Å². The molecular weight excluding hydrogens is 210 g/mol. The zero-order valence-corrected chi connectivity index (χ0v) is 9.63. The Balaban J connectivity index is 1.86. The van der Waals surface area contributed by atoms with Crippen LogP contribution < -0.4 is 5.32 Å². The molecule has 1 aromatic carbocycles. The maximum Gasteiger partial charge on any atom is 0.115 e. The highest BCUT2D eigenvalue weighted by Crippen LogP contribution is 2.31. The van der Waals surface area contributed by atoms with E-state index < -0.39 is 0 Å². The van der Waals surface area contributed by atoms with Crippen molar-refractivity contribution in [3.8, 4) is 0 Å². The summed E-state index contributed by atoms with van der Waals surface area (Å²) in [5, 5.41) is 3.51. The molecule has 3 rings (SSSR count). The molecule has 1 aliphatic rings. The molecule has 0 saturated carbocycles. The molecule has 1 N–H and O–H groups in total. The Morgan fingerprint density at radius 3 is 2.82 bits per heavy atom. The number of anilines is 1. The third kappa shape index (κ3) is 2.13. The first-order chi connectivity index (χ1) is 8.43. The molecule has 0 aliphatic heterocycles. The summed E-state index contributed by atoms with van der Waals surface area (Å²) in [4.78, 5) is 8.07. The van der Waals surface area contributed by atoms with Gasteiger partial charge in [0.15, 0.2) is 0 Å². The third-order valence-electron chi connectivity index (χ3n) is 3.27. The number of hydrogen-bond acceptors (Lipinski definition) is 3. The molecule has 0 amide bonds. The Kier molecular flexibility index (Phi) is 2.74. The van der Waals surface area contributed by atoms with Crippen molar-refractivity contribution in [2.45, 2.75) is 25.3 Å². The van der Waals surface area contributed by atoms with Crippen LogP contribution in [0.4, 0.5) is 5.69 Å². The molecule has 1 atom stereocenters. The molecule has 3 heteroatoms. The molecular formula is C14H15N3. The lowest BCUT2D eigenvalue weighted by atomic mass is 9.88. The molecule has 1 aromatic heterocycles. The minimum atomic E-state index is 0.394. The molecule has 0 spiro atoms. The lowest BCUT2D eigenvalue weighted by Crippen LogP contribution is -2.17. The summed E-state index contributed by atoms with van der Waals surface area (Å²) < 4.78 is 0. The Labute approximate surface area is 101 Å². The number of nitrogens with one attached hydrogen (secondary N) is 1. The highest BCUT2D eigenvalue weighted by molar-refractivity contribution is 5.43. The van der Waals surface area contributed by atoms with Gasteiger partial charge in [-0.2, -0.15) is 0 Å². The van der Waals surface area contributed by atoms with Crippen LogP contribution in [0.25, 0.3) is 0 Å². The van der Waals surface area contributed by atoms with Crippen LogP contribution in [0, 0.1) is 0 Å². The van der Waals surface area contributed by atoms with Crippen molar-refractivity contribution in [3.05, 3.63) is 54.1 Å². The topological polar surface area (TPSA) is 37.8 Å². The fourth-order valence-corrected chi connectivity index (χ4v) is 2.48. The molecule has 0 saturated heterocycles. The smallest absolute Gasteiger partial charge is 0.115 e. The minimum absolute atomic E-state index is 0.394. The van der Waals surface area contributed by atoms with Gasteiger partial charge in [0.1, 0.15) is 6.33 Å². The Hall–Kier alpha value is -1.90. The van der Waals surface area contributed by atoms with E-state index in [2.05, 4.69) is 39.6 Å². The van der Waals surface area contributed by atoms with E-state index >= 15 is 0 Å². The predicted octanol–water partition coefficient (Wildman–Crippen LogP) is 2.97. The fraction of sp³-hybridized carbons (Fsp3) is 0.286. The van der Waals surface area contributed by atoms with Crippen LogP contribution in [0.3, 0.4) is 0 Å². The van der Waals surface area contributed by atoms with E-state index in [9.17, 15) is 0 Å². The van der Waals surface area contributed by atoms with Gasteiger partial charge in [-0.25, -0.2) is 9.97 Å². The van der Waals surface area contributed by atoms with Crippen LogP contribution in [-0.4, -0.2) is 9.97 Å². The van der Waals surface area contributed by atoms with Crippen molar-refractivity contribution in [2.24, 2.45) is 0 Å². The standard InChI is InChI=1S/C14H15N3/c1-2-6-13-11(4-1)5-3-7-14(13)17-12-8-15-10-16-9-12/h1-2,4,6,8-10,14,17H,3,5,7H2. The van der Waals surface area contributed by atoms with Crippen LogP contribution in [0.1, 0.15) is 30.0 Å². The highest BCUT2D eigenvalue weighted by Gasteiger charge is 2.19. The van der Waals surface area contributed by atoms with Crippen LogP contribution >= 0.6 is 0 Å². The average Bonchev–Trinajstić information content (AvgIpc) is 2.40. The Morgan fingerprint density at radius 2 is 1.94 bits per heavy atom. The van der Waals surface area contributed by atoms with E-state index in [1.165, 1.54) is 30.4 Å². The second-order valence-corrected chi connectivity index (χ2v) is 4.42. The largest absolute Gasteiger partial charge is 0.376 e. The van der Waals surface area contributed by atoms with Gasteiger partial charge >= 0.3 is 0 Å². The normalized spacial score (nSPS) is 18.5. The summed E-state index contributed by atoms with van der Waals surface area (Å²) in [6, 6.07) is 9.07. The molecule has 0 bridgehead atoms. The number of nitrogens with zero attached hydrogens (tertiary/aromatic N) is 2. The molecule has 2 aromatic rings. The molecule has 0 fully saturated rings. The molecule has 1 unspecified atom stereocenters. The Bertz CT molecular complexity index is 496. The maximum absolute atomic E-state index is 4.03. The van der Waals surface area contributed by atoms with Crippen molar-refractivity contribution in [2.75, 3.05) is 5.32 Å². The number of rotatable bonds is 2. The SMILES string of the molecule is c1ccc2c(c1)CCCC2Nc1cncnc1. The van der Waals surface area contributed by atoms with Gasteiger partial charge in [0.25, 0.3) is 0 Å². The van der Waals surface area contributed by atoms with E-state index in [-0.39, 0.29) is 0 Å². The first-order valence-corrected chi connectivity index (χ1v) is 6.03. The second-order valence-electron chi connectivity index (χ2n) is 4.42. The van der Waals surface area contributed by atoms with Gasteiger partial charge < -0.3 is 5.32 Å². The molecule has 0 radical (unpaired) electrons. The van der Waals surface area contributed by atoms with Crippen molar-refractivity contribution in [1.29, 1.82) is 0 Å². The average molecular weight is 225 g/mol. The lowest BCUT2D eigenvalue weighted by Gasteiger charge is -2.26. The Morgan fingerprint density at radius 1 is 1.12 bits per heavy atom. The summed E-state index contributed by atoms with van der Waals surface area (Å²) in [6.07, 6.45) is 8.81. The number of hydrogen-bond donors (Lipinski definition) is 1. The van der Waals surface area contributed by atoms with Gasteiger partial charge in [0.05, 0.1) is 24.1 Å². The summed E-state index contributed by atoms with van der Waals surface area (Å²) in [7, 11) is 0. The molecule has 86 valence electrons. The van der Waals surface area contributed by atoms with Gasteiger partial charge in [0, 0.05) is 0 Å². The lowest BCUT2D eigenvalue weighted by molar-refractivity contribution is 0.600. The van der Waals surface area contributed by atoms with Gasteiger partial charge in [-0.15, -0.1) is 0 Å². The summed E-state index contributed by atoms with van der Waals surface area (Å²) in [5.74, 6) is 0. The van der Waals surface area contributed by atoms with Crippen molar-refractivity contribution >= 4 is 5.69 Å². The summed E-state index contributed by atoms with van der Waals surface area (Å²) >= 11 is 0. The summed E-state index contributed by atoms with van der Waals surface area (Å²) in [5.41, 5.74) is 3.88. The van der Waals surface area contributed by atoms with Crippen molar-refractivity contribution in [3.63, 3.8) is 0 Å². The molecule has 1 heterocycles. The highest BCUT2D eigenvalue weighted by atomic mass is 15.0. The quantitative estimate of drug-likeness (QED) is 0.853. The van der Waals surface area contributed by atoms with E-state index in [4.69, 9.17) is 0 Å². The van der Waals surface area contributed by atoms with Crippen molar-refractivity contribution < 1.29 is 0 Å². The number of benzene rings is 1. The number of fused-ring (bicyclic) bond motifs is 1. The van der Waals surface area contributed by atoms with Crippen LogP contribution in [0.5, 0.6) is 0 Å². The second kappa shape index (κ2) is 4.53. The van der Waals surface area contributed by atoms with Crippen LogP contribution in [-0.2, 0) is 6.42 Å². The molecule has 17 heavy (non-hydrogen) atoms. The van der Waals surface area contributed by atoms with Crippen LogP contribution in [0.2, 0.25) is 0 Å². The first-order valence-electron chi connectivity index (χ1n) is 6.03. The number of aryl methyl sites for hydroxylation is 1. The monoisotopic (exact) mass is 225 g/mol. The van der Waals surface area contributed by atoms with Gasteiger partial charge in [-0.3, -0.25) is 0 Å². The zero-order valence-electron chi connectivity index (χ0n) is 9.63. The van der Waals surface area contributed by atoms with Gasteiger partial charge in [-0.1, -0.05) is 24.3 Å². The first kappa shape index (κ1) is 10.3. The third-order valence-corrected chi connectivity index (χ3v) is 3.27. The van der Waals surface area contributed by atoms with Gasteiger partial charge in [-0.05, 0) is 30.4 Å². The minimum Gasteiger partial charge on any atom is -0.376 e. The summed E-state index contributed by atoms with van der Waals surface area (Å²) in [6.45, 7) is 0. The fourth-order valence-electron chi connectivity index (χ4n) is 2.48. The zero-order chi connectivity index (χ0) is 11.5. The van der Waals surface area contributed by atoms with Crippen LogP contribution in [0.15, 0.2) is 43.0 Å². The maximum atomic E-state index is 4.03. The van der Waals surface area contributed by atoms with E-state index in [0.717, 1.165) is 5.69 Å². The molecule has 1 aliphatic carbocycles.